The van der Waals surface area contributed by atoms with E-state index in [0.717, 1.165) is 36.1 Å². The third kappa shape index (κ3) is 5.85. The number of fused-ring (bicyclic) bond motifs is 1. The summed E-state index contributed by atoms with van der Waals surface area (Å²) in [4.78, 5) is 27.3. The minimum absolute atomic E-state index is 0.0187. The third-order valence-corrected chi connectivity index (χ3v) is 5.55. The predicted octanol–water partition coefficient (Wildman–Crippen LogP) is 4.60. The molecule has 0 bridgehead atoms. The van der Waals surface area contributed by atoms with E-state index >= 15 is 0 Å². The fourth-order valence-corrected chi connectivity index (χ4v) is 3.90. The summed E-state index contributed by atoms with van der Waals surface area (Å²) in [5.74, 6) is -0.0508. The highest BCUT2D eigenvalue weighted by atomic mass is 16.5. The molecule has 2 aromatic carbocycles. The van der Waals surface area contributed by atoms with Crippen LogP contribution in [0.2, 0.25) is 0 Å². The van der Waals surface area contributed by atoms with E-state index in [0.29, 0.717) is 25.3 Å². The highest BCUT2D eigenvalue weighted by molar-refractivity contribution is 5.99. The van der Waals surface area contributed by atoms with Gasteiger partial charge in [0.2, 0.25) is 0 Å². The molecule has 166 valence electrons. The zero-order valence-corrected chi connectivity index (χ0v) is 18.5. The van der Waals surface area contributed by atoms with Gasteiger partial charge in [0.25, 0.3) is 11.8 Å². The molecular weight excluding hydrogens is 390 g/mol. The van der Waals surface area contributed by atoms with Crippen LogP contribution in [0.5, 0.6) is 0 Å². The molecule has 31 heavy (non-hydrogen) atoms. The Balaban J connectivity index is 1.70. The molecule has 0 radical (unpaired) electrons. The first-order valence-electron chi connectivity index (χ1n) is 11.2. The fourth-order valence-electron chi connectivity index (χ4n) is 3.90. The average molecular weight is 424 g/mol. The monoisotopic (exact) mass is 423 g/mol. The van der Waals surface area contributed by atoms with Gasteiger partial charge >= 0.3 is 0 Å². The second kappa shape index (κ2) is 11.5. The van der Waals surface area contributed by atoms with Crippen molar-refractivity contribution < 1.29 is 14.3 Å². The number of benzene rings is 2. The van der Waals surface area contributed by atoms with Crippen LogP contribution in [-0.4, -0.2) is 43.5 Å². The van der Waals surface area contributed by atoms with Crippen molar-refractivity contribution in [3.05, 3.63) is 65.2 Å². The van der Waals surface area contributed by atoms with E-state index < -0.39 is 0 Å². The number of nitrogens with one attached hydrogen (secondary N) is 2. The first-order chi connectivity index (χ1) is 15.2. The largest absolute Gasteiger partial charge is 0.385 e. The summed E-state index contributed by atoms with van der Waals surface area (Å²) in [6.45, 7) is 4.05. The molecule has 2 aromatic rings. The van der Waals surface area contributed by atoms with Crippen molar-refractivity contribution in [2.45, 2.75) is 45.2 Å². The number of carbonyl (C=O) groups is 2. The number of nitrogens with zero attached hydrogens (tertiary/aromatic N) is 1. The maximum Gasteiger partial charge on any atom is 0.256 e. The summed E-state index contributed by atoms with van der Waals surface area (Å²) in [6.07, 6.45) is 4.98. The van der Waals surface area contributed by atoms with Gasteiger partial charge in [0.1, 0.15) is 6.17 Å². The Bertz CT molecular complexity index is 884. The molecule has 1 unspecified atom stereocenters. The van der Waals surface area contributed by atoms with Crippen molar-refractivity contribution in [2.24, 2.45) is 0 Å². The Morgan fingerprint density at radius 2 is 1.90 bits per heavy atom. The summed E-state index contributed by atoms with van der Waals surface area (Å²) in [6, 6.07) is 15.1. The Morgan fingerprint density at radius 3 is 2.71 bits per heavy atom. The van der Waals surface area contributed by atoms with Gasteiger partial charge in [-0.05, 0) is 37.1 Å². The number of methoxy groups -OCH3 is 1. The van der Waals surface area contributed by atoms with Crippen LogP contribution in [0.1, 0.15) is 71.5 Å². The van der Waals surface area contributed by atoms with E-state index in [9.17, 15) is 9.59 Å². The molecule has 0 aliphatic carbocycles. The molecule has 2 N–H and O–H groups in total. The van der Waals surface area contributed by atoms with Gasteiger partial charge in [-0.2, -0.15) is 0 Å². The molecule has 0 spiro atoms. The number of ether oxygens (including phenoxy) is 1. The number of hydrogen-bond acceptors (Lipinski definition) is 4. The predicted molar refractivity (Wildman–Crippen MR) is 123 cm³/mol. The van der Waals surface area contributed by atoms with Gasteiger partial charge in [0.15, 0.2) is 0 Å². The number of amides is 2. The lowest BCUT2D eigenvalue weighted by Crippen LogP contribution is -2.33. The lowest BCUT2D eigenvalue weighted by Gasteiger charge is -2.27. The van der Waals surface area contributed by atoms with Crippen LogP contribution in [0.15, 0.2) is 48.5 Å². The summed E-state index contributed by atoms with van der Waals surface area (Å²) in [7, 11) is 1.66. The van der Waals surface area contributed by atoms with Crippen molar-refractivity contribution in [3.63, 3.8) is 0 Å². The number of unbranched alkanes of at least 4 members (excludes halogenated alkanes) is 3. The number of rotatable bonds is 12. The standard InChI is InChI=1S/C25H33N3O3/c1-3-4-5-8-15-26-24(29)19-11-9-12-20(18-19)27-23-21-13-6-7-14-22(21)25(30)28(23)16-10-17-31-2/h6-7,9,11-14,18,23,27H,3-5,8,10,15-17H2,1-2H3,(H,26,29). The van der Waals surface area contributed by atoms with Gasteiger partial charge in [-0.1, -0.05) is 50.5 Å². The number of hydrogen-bond donors (Lipinski definition) is 2. The van der Waals surface area contributed by atoms with E-state index in [-0.39, 0.29) is 18.0 Å². The molecule has 0 saturated heterocycles. The molecule has 0 saturated carbocycles. The molecule has 1 aliphatic rings. The minimum Gasteiger partial charge on any atom is -0.385 e. The normalized spacial score (nSPS) is 15.1. The second-order valence-electron chi connectivity index (χ2n) is 7.88. The maximum absolute atomic E-state index is 12.9. The molecule has 1 aliphatic heterocycles. The maximum atomic E-state index is 12.9. The molecule has 1 heterocycles. The van der Waals surface area contributed by atoms with Crippen LogP contribution in [0.25, 0.3) is 0 Å². The second-order valence-corrected chi connectivity index (χ2v) is 7.88. The van der Waals surface area contributed by atoms with Gasteiger partial charge in [-0.15, -0.1) is 0 Å². The number of carbonyl (C=O) groups excluding carboxylic acids is 2. The average Bonchev–Trinajstić information content (AvgIpc) is 3.05. The first-order valence-corrected chi connectivity index (χ1v) is 11.2. The van der Waals surface area contributed by atoms with E-state index in [1.807, 2.05) is 53.4 Å². The summed E-state index contributed by atoms with van der Waals surface area (Å²) in [5.41, 5.74) is 3.10. The molecule has 6 heteroatoms. The topological polar surface area (TPSA) is 70.7 Å². The fraction of sp³-hybridized carbons (Fsp3) is 0.440. The highest BCUT2D eigenvalue weighted by Crippen LogP contribution is 2.34. The van der Waals surface area contributed by atoms with Crippen molar-refractivity contribution in [1.29, 1.82) is 0 Å². The third-order valence-electron chi connectivity index (χ3n) is 5.55. The summed E-state index contributed by atoms with van der Waals surface area (Å²) >= 11 is 0. The Kier molecular flexibility index (Phi) is 8.47. The van der Waals surface area contributed by atoms with Crippen molar-refractivity contribution in [1.82, 2.24) is 10.2 Å². The number of anilines is 1. The molecule has 1 atom stereocenters. The Hall–Kier alpha value is -2.86. The Labute approximate surface area is 185 Å². The SMILES string of the molecule is CCCCCCNC(=O)c1cccc(NC2c3ccccc3C(=O)N2CCCOC)c1. The van der Waals surface area contributed by atoms with E-state index in [1.54, 1.807) is 7.11 Å². The molecule has 2 amide bonds. The van der Waals surface area contributed by atoms with Gasteiger partial charge in [0, 0.05) is 49.2 Å². The minimum atomic E-state index is -0.270. The van der Waals surface area contributed by atoms with Gasteiger partial charge in [0.05, 0.1) is 0 Å². The smallest absolute Gasteiger partial charge is 0.256 e. The van der Waals surface area contributed by atoms with Crippen LogP contribution in [0, 0.1) is 0 Å². The molecule has 3 rings (SSSR count). The summed E-state index contributed by atoms with van der Waals surface area (Å²) < 4.78 is 5.16. The zero-order valence-electron chi connectivity index (χ0n) is 18.5. The van der Waals surface area contributed by atoms with Crippen molar-refractivity contribution >= 4 is 17.5 Å². The Morgan fingerprint density at radius 1 is 1.06 bits per heavy atom. The summed E-state index contributed by atoms with van der Waals surface area (Å²) in [5, 5.41) is 6.47. The van der Waals surface area contributed by atoms with E-state index in [1.165, 1.54) is 12.8 Å². The van der Waals surface area contributed by atoms with E-state index in [2.05, 4.69) is 17.6 Å². The van der Waals surface area contributed by atoms with Crippen LogP contribution < -0.4 is 10.6 Å². The van der Waals surface area contributed by atoms with Gasteiger partial charge < -0.3 is 20.3 Å². The zero-order chi connectivity index (χ0) is 22.1. The van der Waals surface area contributed by atoms with Crippen LogP contribution >= 0.6 is 0 Å². The molecule has 0 fully saturated rings. The lowest BCUT2D eigenvalue weighted by molar-refractivity contribution is 0.0721. The quantitative estimate of drug-likeness (QED) is 0.490. The molecule has 6 nitrogen and oxygen atoms in total. The van der Waals surface area contributed by atoms with Crippen LogP contribution in [-0.2, 0) is 4.74 Å². The van der Waals surface area contributed by atoms with Crippen LogP contribution in [0.3, 0.4) is 0 Å². The van der Waals surface area contributed by atoms with E-state index in [4.69, 9.17) is 4.74 Å². The molecular formula is C25H33N3O3. The molecule has 0 aromatic heterocycles. The highest BCUT2D eigenvalue weighted by Gasteiger charge is 2.36. The van der Waals surface area contributed by atoms with Crippen molar-refractivity contribution in [3.8, 4) is 0 Å². The van der Waals surface area contributed by atoms with Crippen LogP contribution in [0.4, 0.5) is 5.69 Å². The van der Waals surface area contributed by atoms with Crippen molar-refractivity contribution in [2.75, 3.05) is 32.1 Å². The first kappa shape index (κ1) is 22.8. The van der Waals surface area contributed by atoms with Gasteiger partial charge in [-0.3, -0.25) is 9.59 Å². The van der Waals surface area contributed by atoms with Gasteiger partial charge in [-0.25, -0.2) is 0 Å². The lowest BCUT2D eigenvalue weighted by atomic mass is 10.1.